The number of rotatable bonds is 12. The van der Waals surface area contributed by atoms with E-state index in [9.17, 15) is 4.79 Å². The molecule has 0 bridgehead atoms. The van der Waals surface area contributed by atoms with Crippen LogP contribution in [0.15, 0.2) is 97.0 Å². The quantitative estimate of drug-likeness (QED) is 0.0987. The molecule has 4 N–H and O–H groups in total. The minimum atomic E-state index is -2.27. The van der Waals surface area contributed by atoms with E-state index in [1.54, 1.807) is 43.4 Å². The Hall–Kier alpha value is -5.16. The third kappa shape index (κ3) is 14.4. The molecule has 0 aliphatic carbocycles. The zero-order valence-corrected chi connectivity index (χ0v) is 42.7. The molecule has 0 saturated heterocycles. The number of anilines is 3. The second kappa shape index (κ2) is 26.1. The van der Waals surface area contributed by atoms with Gasteiger partial charge < -0.3 is 16.4 Å². The van der Waals surface area contributed by atoms with Crippen LogP contribution in [-0.4, -0.2) is 88.9 Å². The molecule has 0 spiro atoms. The molecule has 3 aliphatic heterocycles. The fraction of sp³-hybridized carbons (Fsp3) is 0.429. The van der Waals surface area contributed by atoms with Crippen LogP contribution in [0.4, 0.5) is 22.2 Å². The summed E-state index contributed by atoms with van der Waals surface area (Å²) in [6, 6.07) is 5.83. The van der Waals surface area contributed by atoms with Crippen molar-refractivity contribution in [2.24, 2.45) is 5.73 Å². The van der Waals surface area contributed by atoms with Gasteiger partial charge in [-0.1, -0.05) is 0 Å². The molecule has 9 heterocycles. The van der Waals surface area contributed by atoms with E-state index in [0.717, 1.165) is 83.0 Å². The zero-order chi connectivity index (χ0) is 45.7. The average molecular weight is 1050 g/mol. The summed E-state index contributed by atoms with van der Waals surface area (Å²) in [7, 11) is 0. The molecule has 9 rings (SSSR count). The Kier molecular flexibility index (Phi) is 19.8. The average Bonchev–Trinajstić information content (AvgIpc) is 3.37. The SMILES string of the molecule is Brc1cnc2c(c1)CCCN2.CCC[CH2][Sn]([CH2]CCC)([CH2]CCC)[c]1cnccn1.NC(=O)N1CCCc2cc(-c3cnccn3)cnc21.c1cnc(-c2cnc3c(c2)CCCN3)cn1. The standard InChI is InChI=1S/C13H13N5O.C12H12N4.C8H9BrN2.C4H3N2.3C4H9.Sn/c14-13(19)18-5-1-2-9-6-10(7-17-12(9)18)11-8-15-3-4-16-11;1-2-9-6-10(7-16-12(9)15-3-1)11-8-13-4-5-14-11;9-7-4-6-2-1-3-10-8(6)11-5-7;1-2-6-4-3-5-1;3*1-3-4-2;/h3-4,6-8H,1-2,5H2,(H2,14,19);4-8H,1-3H2,(H,15,16);4-5H,1-3H2,(H,10,11);1-3H;3*1,3-4H2,2H3;. The summed E-state index contributed by atoms with van der Waals surface area (Å²) in [5, 5.41) is 6.55. The van der Waals surface area contributed by atoms with Crippen molar-refractivity contribution in [1.82, 2.24) is 44.9 Å². The van der Waals surface area contributed by atoms with E-state index >= 15 is 0 Å². The number of hydrogen-bond acceptors (Lipinski definition) is 12. The summed E-state index contributed by atoms with van der Waals surface area (Å²) in [5.41, 5.74) is 12.6. The Morgan fingerprint density at radius 2 is 1.12 bits per heavy atom. The Labute approximate surface area is 397 Å². The van der Waals surface area contributed by atoms with Gasteiger partial charge in [0.15, 0.2) is 0 Å². The maximum absolute atomic E-state index is 11.4. The van der Waals surface area contributed by atoms with Gasteiger partial charge >= 0.3 is 129 Å². The molecule has 6 aromatic heterocycles. The number of aryl methyl sites for hydroxylation is 3. The van der Waals surface area contributed by atoms with Crippen molar-refractivity contribution >= 4 is 61.5 Å². The fourth-order valence-electron chi connectivity index (χ4n) is 8.39. The number of unbranched alkanes of at least 4 members (excludes halogenated alkanes) is 3. The van der Waals surface area contributed by atoms with Crippen molar-refractivity contribution in [3.63, 3.8) is 0 Å². The first kappa shape index (κ1) is 49.3. The third-order valence-corrected chi connectivity index (χ3v) is 27.4. The molecular weight excluding hydrogens is 985 g/mol. The molecule has 16 heteroatoms. The van der Waals surface area contributed by atoms with E-state index in [2.05, 4.69) is 106 Å². The molecule has 0 atom stereocenters. The number of nitrogens with zero attached hydrogens (tertiary/aromatic N) is 10. The Morgan fingerprint density at radius 1 is 0.615 bits per heavy atom. The van der Waals surface area contributed by atoms with Crippen LogP contribution in [0.2, 0.25) is 13.3 Å². The van der Waals surface area contributed by atoms with E-state index in [-0.39, 0.29) is 0 Å². The van der Waals surface area contributed by atoms with Crippen LogP contribution in [0, 0.1) is 0 Å². The number of nitrogens with one attached hydrogen (secondary N) is 2. The van der Waals surface area contributed by atoms with Gasteiger partial charge in [0.2, 0.25) is 0 Å². The van der Waals surface area contributed by atoms with Crippen LogP contribution >= 0.6 is 15.9 Å². The fourth-order valence-corrected chi connectivity index (χ4v) is 23.9. The van der Waals surface area contributed by atoms with Gasteiger partial charge in [-0.15, -0.1) is 0 Å². The third-order valence-electron chi connectivity index (χ3n) is 11.9. The van der Waals surface area contributed by atoms with Gasteiger partial charge in [-0.3, -0.25) is 24.8 Å². The number of amides is 2. The maximum atomic E-state index is 11.4. The van der Waals surface area contributed by atoms with Crippen LogP contribution in [0.3, 0.4) is 0 Å². The van der Waals surface area contributed by atoms with Gasteiger partial charge in [0.25, 0.3) is 0 Å². The summed E-state index contributed by atoms with van der Waals surface area (Å²) in [5.74, 6) is 2.73. The first-order valence-corrected chi connectivity index (χ1v) is 31.6. The number of aromatic nitrogens is 9. The van der Waals surface area contributed by atoms with E-state index in [0.29, 0.717) is 12.4 Å². The van der Waals surface area contributed by atoms with Crippen LogP contribution in [0.1, 0.15) is 95.2 Å². The number of urea groups is 1. The molecule has 0 saturated carbocycles. The number of halogens is 1. The largest absolute Gasteiger partial charge is 0.370 e. The monoisotopic (exact) mass is 1050 g/mol. The topological polar surface area (TPSA) is 186 Å². The van der Waals surface area contributed by atoms with E-state index in [1.807, 2.05) is 30.9 Å². The Bertz CT molecular complexity index is 2340. The number of carbonyl (C=O) groups is 1. The van der Waals surface area contributed by atoms with Crippen molar-refractivity contribution in [1.29, 1.82) is 0 Å². The molecule has 0 unspecified atom stereocenters. The van der Waals surface area contributed by atoms with Crippen LogP contribution in [0.5, 0.6) is 0 Å². The molecule has 6 aromatic rings. The summed E-state index contributed by atoms with van der Waals surface area (Å²) in [4.78, 5) is 51.6. The van der Waals surface area contributed by atoms with Gasteiger partial charge in [0, 0.05) is 78.6 Å². The maximum Gasteiger partial charge on any atom is 0.320 e. The number of carbonyl (C=O) groups excluding carboxylic acids is 1. The normalized spacial score (nSPS) is 13.6. The van der Waals surface area contributed by atoms with Crippen molar-refractivity contribution in [2.75, 3.05) is 35.2 Å². The summed E-state index contributed by atoms with van der Waals surface area (Å²) in [6.07, 6.45) is 35.8. The van der Waals surface area contributed by atoms with E-state index in [1.165, 1.54) is 84.4 Å². The molecule has 3 aliphatic rings. The first-order valence-electron chi connectivity index (χ1n) is 23.3. The molecule has 0 aromatic carbocycles. The minimum absolute atomic E-state index is 0.458. The number of hydrogen-bond donors (Lipinski definition) is 3. The first-order chi connectivity index (χ1) is 31.8. The van der Waals surface area contributed by atoms with Gasteiger partial charge in [-0.25, -0.2) is 19.7 Å². The molecule has 0 radical (unpaired) electrons. The number of fused-ring (bicyclic) bond motifs is 3. The minimum Gasteiger partial charge on any atom is -0.370 e. The smallest absolute Gasteiger partial charge is 0.320 e. The molecule has 0 fully saturated rings. The molecule has 342 valence electrons. The Balaban J connectivity index is 0.000000146. The van der Waals surface area contributed by atoms with E-state index < -0.39 is 24.4 Å². The van der Waals surface area contributed by atoms with Crippen LogP contribution in [0.25, 0.3) is 22.5 Å². The summed E-state index contributed by atoms with van der Waals surface area (Å²) in [6.45, 7) is 9.64. The van der Waals surface area contributed by atoms with Gasteiger partial charge in [-0.05, 0) is 89.3 Å². The van der Waals surface area contributed by atoms with Crippen LogP contribution in [-0.2, 0) is 19.3 Å². The molecular formula is C49H64BrN13OSn. The molecule has 65 heavy (non-hydrogen) atoms. The van der Waals surface area contributed by atoms with Crippen molar-refractivity contribution in [3.05, 3.63) is 114 Å². The summed E-state index contributed by atoms with van der Waals surface area (Å²) < 4.78 is 6.93. The summed E-state index contributed by atoms with van der Waals surface area (Å²) >= 11 is 1.13. The van der Waals surface area contributed by atoms with Crippen molar-refractivity contribution in [3.8, 4) is 22.5 Å². The second-order valence-electron chi connectivity index (χ2n) is 16.6. The molecule has 14 nitrogen and oxygen atoms in total. The van der Waals surface area contributed by atoms with Crippen LogP contribution < -0.4 is 25.0 Å². The number of pyridine rings is 3. The number of primary amides is 1. The molecule has 2 amide bonds. The van der Waals surface area contributed by atoms with Gasteiger partial charge in [0.05, 0.1) is 23.8 Å². The van der Waals surface area contributed by atoms with Gasteiger partial charge in [0.1, 0.15) is 17.5 Å². The zero-order valence-electron chi connectivity index (χ0n) is 38.2. The second-order valence-corrected chi connectivity index (χ2v) is 30.6. The number of nitrogens with two attached hydrogens (primary N) is 1. The van der Waals surface area contributed by atoms with E-state index in [4.69, 9.17) is 10.7 Å². The van der Waals surface area contributed by atoms with Crippen molar-refractivity contribution < 1.29 is 4.79 Å². The predicted molar refractivity (Wildman–Crippen MR) is 268 cm³/mol. The predicted octanol–water partition coefficient (Wildman–Crippen LogP) is 10.0. The Morgan fingerprint density at radius 3 is 1.65 bits per heavy atom. The van der Waals surface area contributed by atoms with Gasteiger partial charge in [-0.2, -0.15) is 0 Å². The van der Waals surface area contributed by atoms with Crippen molar-refractivity contribution in [2.45, 2.75) is 111 Å².